The maximum atomic E-state index is 12.6. The average molecular weight is 350 g/mol. The third kappa shape index (κ3) is 4.34. The molecule has 0 heterocycles. The molecule has 1 aromatic carbocycles. The lowest BCUT2D eigenvalue weighted by molar-refractivity contribution is -0.143. The monoisotopic (exact) mass is 350 g/mol. The van der Waals surface area contributed by atoms with Crippen LogP contribution in [0.4, 0.5) is 26.3 Å². The molecule has 0 unspecified atom stereocenters. The molecule has 0 aliphatic rings. The second-order valence-electron chi connectivity index (χ2n) is 3.97. The highest BCUT2D eigenvalue weighted by Gasteiger charge is 2.38. The van der Waals surface area contributed by atoms with Crippen molar-refractivity contribution in [1.82, 2.24) is 4.72 Å². The fourth-order valence-electron chi connectivity index (χ4n) is 1.33. The number of nitrogens with one attached hydrogen (secondary N) is 1. The fourth-order valence-corrected chi connectivity index (χ4v) is 2.40. The molecule has 0 aliphatic carbocycles. The van der Waals surface area contributed by atoms with E-state index < -0.39 is 50.9 Å². The number of amides is 1. The standard InChI is InChI=1S/C10H8F6N2O3S/c11-9(12,13)5-1-6(10(14,15)16)3-7(2-5)22(20,21)18-8(19)4-17/h1-3H,4,17H2,(H,18,19). The Kier molecular flexibility index (Phi) is 4.77. The number of hydrogen-bond donors (Lipinski definition) is 2. The molecule has 1 amide bonds. The van der Waals surface area contributed by atoms with E-state index in [-0.39, 0.29) is 18.2 Å². The summed E-state index contributed by atoms with van der Waals surface area (Å²) in [6.07, 6.45) is -10.4. The number of sulfonamides is 1. The van der Waals surface area contributed by atoms with Crippen molar-refractivity contribution in [2.24, 2.45) is 5.73 Å². The molecule has 0 saturated heterocycles. The minimum Gasteiger partial charge on any atom is -0.322 e. The third-order valence-electron chi connectivity index (χ3n) is 2.31. The zero-order valence-corrected chi connectivity index (χ0v) is 11.2. The van der Waals surface area contributed by atoms with Crippen LogP contribution in [0.3, 0.4) is 0 Å². The SMILES string of the molecule is NCC(=O)NS(=O)(=O)c1cc(C(F)(F)F)cc(C(F)(F)F)c1. The van der Waals surface area contributed by atoms with Crippen molar-refractivity contribution in [2.75, 3.05) is 6.54 Å². The summed E-state index contributed by atoms with van der Waals surface area (Å²) in [4.78, 5) is 9.55. The first kappa shape index (κ1) is 18.2. The van der Waals surface area contributed by atoms with Gasteiger partial charge in [-0.25, -0.2) is 13.1 Å². The minimum absolute atomic E-state index is 0.0125. The molecule has 0 saturated carbocycles. The quantitative estimate of drug-likeness (QED) is 0.809. The predicted octanol–water partition coefficient (Wildman–Crippen LogP) is 1.49. The first-order valence-corrected chi connectivity index (χ1v) is 6.81. The number of carbonyl (C=O) groups is 1. The first-order chi connectivity index (χ1) is 9.77. The second-order valence-corrected chi connectivity index (χ2v) is 5.66. The van der Waals surface area contributed by atoms with Gasteiger partial charge >= 0.3 is 12.4 Å². The van der Waals surface area contributed by atoms with Gasteiger partial charge in [-0.3, -0.25) is 4.79 Å². The lowest BCUT2D eigenvalue weighted by Gasteiger charge is -2.14. The predicted molar refractivity (Wildman–Crippen MR) is 60.8 cm³/mol. The van der Waals surface area contributed by atoms with Crippen molar-refractivity contribution in [3.8, 4) is 0 Å². The normalized spacial score (nSPS) is 13.0. The van der Waals surface area contributed by atoms with E-state index in [4.69, 9.17) is 5.73 Å². The summed E-state index contributed by atoms with van der Waals surface area (Å²) in [7, 11) is -4.92. The summed E-state index contributed by atoms with van der Waals surface area (Å²) in [5.74, 6) is -1.29. The van der Waals surface area contributed by atoms with E-state index in [1.807, 2.05) is 0 Å². The van der Waals surface area contributed by atoms with Crippen LogP contribution in [-0.4, -0.2) is 20.9 Å². The average Bonchev–Trinajstić information content (AvgIpc) is 2.35. The van der Waals surface area contributed by atoms with E-state index in [2.05, 4.69) is 0 Å². The summed E-state index contributed by atoms with van der Waals surface area (Å²) >= 11 is 0. The van der Waals surface area contributed by atoms with Gasteiger partial charge in [0.15, 0.2) is 0 Å². The number of hydrogen-bond acceptors (Lipinski definition) is 4. The highest BCUT2D eigenvalue weighted by atomic mass is 32.2. The van der Waals surface area contributed by atoms with E-state index in [1.54, 1.807) is 0 Å². The summed E-state index contributed by atoms with van der Waals surface area (Å²) < 4.78 is 100. The topological polar surface area (TPSA) is 89.3 Å². The molecule has 124 valence electrons. The number of alkyl halides is 6. The molecule has 1 aromatic rings. The molecule has 5 nitrogen and oxygen atoms in total. The van der Waals surface area contributed by atoms with Crippen molar-refractivity contribution >= 4 is 15.9 Å². The van der Waals surface area contributed by atoms with Gasteiger partial charge in [0.05, 0.1) is 22.6 Å². The van der Waals surface area contributed by atoms with Gasteiger partial charge in [0, 0.05) is 0 Å². The fraction of sp³-hybridized carbons (Fsp3) is 0.300. The summed E-state index contributed by atoms with van der Waals surface area (Å²) in [5.41, 5.74) is 1.19. The lowest BCUT2D eigenvalue weighted by Crippen LogP contribution is -2.35. The van der Waals surface area contributed by atoms with Gasteiger partial charge in [0.1, 0.15) is 0 Å². The molecule has 0 atom stereocenters. The Balaban J connectivity index is 3.51. The zero-order valence-electron chi connectivity index (χ0n) is 10.4. The molecular weight excluding hydrogens is 342 g/mol. The molecule has 0 aliphatic heterocycles. The Labute approximate surface area is 120 Å². The number of rotatable bonds is 3. The van der Waals surface area contributed by atoms with Crippen molar-refractivity contribution in [1.29, 1.82) is 0 Å². The van der Waals surface area contributed by atoms with Crippen molar-refractivity contribution in [3.63, 3.8) is 0 Å². The van der Waals surface area contributed by atoms with Crippen LogP contribution in [0.2, 0.25) is 0 Å². The number of halogens is 6. The Morgan fingerprint density at radius 3 is 1.73 bits per heavy atom. The van der Waals surface area contributed by atoms with Crippen LogP contribution >= 0.6 is 0 Å². The molecule has 22 heavy (non-hydrogen) atoms. The maximum absolute atomic E-state index is 12.6. The van der Waals surface area contributed by atoms with E-state index in [0.717, 1.165) is 0 Å². The highest BCUT2D eigenvalue weighted by Crippen LogP contribution is 2.37. The van der Waals surface area contributed by atoms with Gasteiger partial charge < -0.3 is 5.73 Å². The van der Waals surface area contributed by atoms with E-state index in [9.17, 15) is 39.6 Å². The molecule has 0 radical (unpaired) electrons. The van der Waals surface area contributed by atoms with Crippen LogP contribution in [0.5, 0.6) is 0 Å². The number of benzene rings is 1. The van der Waals surface area contributed by atoms with Crippen molar-refractivity contribution in [2.45, 2.75) is 17.2 Å². The molecule has 1 rings (SSSR count). The van der Waals surface area contributed by atoms with Crippen LogP contribution in [0.25, 0.3) is 0 Å². The number of nitrogens with two attached hydrogens (primary N) is 1. The summed E-state index contributed by atoms with van der Waals surface area (Å²) in [6, 6.07) is -0.257. The highest BCUT2D eigenvalue weighted by molar-refractivity contribution is 7.90. The largest absolute Gasteiger partial charge is 0.416 e. The Hall–Kier alpha value is -1.82. The maximum Gasteiger partial charge on any atom is 0.416 e. The van der Waals surface area contributed by atoms with Crippen LogP contribution in [0.1, 0.15) is 11.1 Å². The van der Waals surface area contributed by atoms with Crippen LogP contribution in [-0.2, 0) is 27.2 Å². The molecule has 0 fully saturated rings. The van der Waals surface area contributed by atoms with Crippen LogP contribution in [0, 0.1) is 0 Å². The van der Waals surface area contributed by atoms with Crippen molar-refractivity contribution in [3.05, 3.63) is 29.3 Å². The molecule has 3 N–H and O–H groups in total. The van der Waals surface area contributed by atoms with E-state index in [0.29, 0.717) is 0 Å². The van der Waals surface area contributed by atoms with Crippen LogP contribution < -0.4 is 10.5 Å². The summed E-state index contributed by atoms with van der Waals surface area (Å²) in [5, 5.41) is 0. The number of carbonyl (C=O) groups excluding carboxylic acids is 1. The smallest absolute Gasteiger partial charge is 0.322 e. The molecule has 0 bridgehead atoms. The van der Waals surface area contributed by atoms with Gasteiger partial charge in [0.2, 0.25) is 5.91 Å². The van der Waals surface area contributed by atoms with Gasteiger partial charge in [-0.05, 0) is 18.2 Å². The minimum atomic E-state index is -5.20. The van der Waals surface area contributed by atoms with Crippen molar-refractivity contribution < 1.29 is 39.6 Å². The van der Waals surface area contributed by atoms with Gasteiger partial charge in [-0.15, -0.1) is 0 Å². The first-order valence-electron chi connectivity index (χ1n) is 5.32. The van der Waals surface area contributed by atoms with Gasteiger partial charge in [-0.2, -0.15) is 26.3 Å². The third-order valence-corrected chi connectivity index (χ3v) is 3.66. The molecule has 12 heteroatoms. The Morgan fingerprint density at radius 1 is 1.00 bits per heavy atom. The van der Waals surface area contributed by atoms with Gasteiger partial charge in [-0.1, -0.05) is 0 Å². The molecule has 0 spiro atoms. The second kappa shape index (κ2) is 5.76. The van der Waals surface area contributed by atoms with Gasteiger partial charge in [0.25, 0.3) is 10.0 Å². The molecule has 0 aromatic heterocycles. The van der Waals surface area contributed by atoms with Crippen LogP contribution in [0.15, 0.2) is 23.1 Å². The zero-order chi connectivity index (χ0) is 17.3. The van der Waals surface area contributed by atoms with E-state index >= 15 is 0 Å². The van der Waals surface area contributed by atoms with E-state index in [1.165, 1.54) is 4.72 Å². The Morgan fingerprint density at radius 2 is 1.41 bits per heavy atom. The lowest BCUT2D eigenvalue weighted by atomic mass is 10.1. The Bertz CT molecular complexity index is 649. The molecular formula is C10H8F6N2O3S. The summed E-state index contributed by atoms with van der Waals surface area (Å²) in [6.45, 7) is -0.815.